The van der Waals surface area contributed by atoms with E-state index in [2.05, 4.69) is 18.5 Å². The van der Waals surface area contributed by atoms with Gasteiger partial charge >= 0.3 is 0 Å². The molecule has 2 aromatic rings. The molecule has 2 aromatic carbocycles. The van der Waals surface area contributed by atoms with Gasteiger partial charge < -0.3 is 19.5 Å². The number of carbonyl (C=O) groups excluding carboxylic acids is 1. The molecule has 0 saturated heterocycles. The number of rotatable bonds is 7. The molecule has 1 aliphatic carbocycles. The number of hydrogen-bond donors (Lipinski definition) is 1. The van der Waals surface area contributed by atoms with Crippen molar-refractivity contribution in [2.45, 2.75) is 23.8 Å². The summed E-state index contributed by atoms with van der Waals surface area (Å²) >= 11 is 1.38. The number of methoxy groups -OCH3 is 3. The highest BCUT2D eigenvalue weighted by molar-refractivity contribution is 7.98. The molecular weight excluding hydrogens is 426 g/mol. The molecule has 6 nitrogen and oxygen atoms in total. The maximum atomic E-state index is 12.9. The number of thioether (sulfide) groups is 1. The summed E-state index contributed by atoms with van der Waals surface area (Å²) in [6.45, 7) is 7.36. The molecule has 0 radical (unpaired) electrons. The van der Waals surface area contributed by atoms with E-state index in [0.29, 0.717) is 40.5 Å². The zero-order chi connectivity index (χ0) is 23.4. The smallest absolute Gasteiger partial charge is 0.251 e. The van der Waals surface area contributed by atoms with Gasteiger partial charge in [0, 0.05) is 11.1 Å². The van der Waals surface area contributed by atoms with Gasteiger partial charge in [-0.2, -0.15) is 0 Å². The van der Waals surface area contributed by atoms with Crippen LogP contribution in [0.2, 0.25) is 0 Å². The van der Waals surface area contributed by atoms with Crippen LogP contribution < -0.4 is 25.0 Å². The molecule has 0 unspecified atom stereocenters. The summed E-state index contributed by atoms with van der Waals surface area (Å²) in [5.41, 5.74) is 3.46. The summed E-state index contributed by atoms with van der Waals surface area (Å²) < 4.78 is 16.9. The standard InChI is InChI=1S/C25H27NO5S/c1-7-14(2)25(28)26-18-10-8-15-12-20(29-3)23(30-4)24(31-5)22(15)16-9-11-21(32-6)19(27)13-17(16)18/h7,9,11-13,18H,1-2,8,10H2,3-6H3,(H,26,28)/t18-/m0/s1. The second kappa shape index (κ2) is 9.96. The summed E-state index contributed by atoms with van der Waals surface area (Å²) in [6, 6.07) is 6.83. The Morgan fingerprint density at radius 3 is 2.47 bits per heavy atom. The van der Waals surface area contributed by atoms with Gasteiger partial charge in [0.25, 0.3) is 5.91 Å². The molecule has 0 saturated carbocycles. The maximum Gasteiger partial charge on any atom is 0.251 e. The first kappa shape index (κ1) is 23.5. The first-order chi connectivity index (χ1) is 15.4. The van der Waals surface area contributed by atoms with Crippen LogP contribution in [0.3, 0.4) is 0 Å². The van der Waals surface area contributed by atoms with Gasteiger partial charge in [0.05, 0.1) is 32.3 Å². The van der Waals surface area contributed by atoms with Crippen LogP contribution >= 0.6 is 11.8 Å². The molecule has 1 N–H and O–H groups in total. The quantitative estimate of drug-likeness (QED) is 0.383. The topological polar surface area (TPSA) is 73.9 Å². The van der Waals surface area contributed by atoms with Gasteiger partial charge in [-0.25, -0.2) is 0 Å². The van der Waals surface area contributed by atoms with Crippen molar-refractivity contribution in [1.82, 2.24) is 5.32 Å². The van der Waals surface area contributed by atoms with E-state index in [-0.39, 0.29) is 16.9 Å². The fraction of sp³-hybridized carbons (Fsp3) is 0.280. The predicted molar refractivity (Wildman–Crippen MR) is 128 cm³/mol. The van der Waals surface area contributed by atoms with Crippen molar-refractivity contribution < 1.29 is 19.0 Å². The van der Waals surface area contributed by atoms with E-state index >= 15 is 0 Å². The van der Waals surface area contributed by atoms with Gasteiger partial charge in [-0.05, 0) is 54.0 Å². The van der Waals surface area contributed by atoms with E-state index < -0.39 is 6.04 Å². The van der Waals surface area contributed by atoms with Crippen LogP contribution in [0.15, 0.2) is 58.8 Å². The molecule has 168 valence electrons. The lowest BCUT2D eigenvalue weighted by Crippen LogP contribution is -2.29. The molecule has 32 heavy (non-hydrogen) atoms. The highest BCUT2D eigenvalue weighted by atomic mass is 32.2. The Labute approximate surface area is 192 Å². The lowest BCUT2D eigenvalue weighted by molar-refractivity contribution is -0.117. The minimum Gasteiger partial charge on any atom is -0.493 e. The second-order valence-corrected chi connectivity index (χ2v) is 8.10. The number of amides is 1. The fourth-order valence-corrected chi connectivity index (χ4v) is 4.42. The minimum atomic E-state index is -0.405. The predicted octanol–water partition coefficient (Wildman–Crippen LogP) is 4.31. The summed E-state index contributed by atoms with van der Waals surface area (Å²) in [4.78, 5) is 26.1. The fourth-order valence-electron chi connectivity index (χ4n) is 3.96. The monoisotopic (exact) mass is 453 g/mol. The largest absolute Gasteiger partial charge is 0.493 e. The summed E-state index contributed by atoms with van der Waals surface area (Å²) in [5, 5.41) is 3.02. The van der Waals surface area contributed by atoms with Crippen molar-refractivity contribution in [1.29, 1.82) is 0 Å². The molecule has 0 spiro atoms. The van der Waals surface area contributed by atoms with E-state index in [0.717, 1.165) is 16.7 Å². The Morgan fingerprint density at radius 2 is 1.88 bits per heavy atom. The molecule has 0 fully saturated rings. The zero-order valence-corrected chi connectivity index (χ0v) is 19.6. The van der Waals surface area contributed by atoms with E-state index in [1.165, 1.54) is 17.8 Å². The van der Waals surface area contributed by atoms with Crippen molar-refractivity contribution in [2.75, 3.05) is 27.6 Å². The summed E-state index contributed by atoms with van der Waals surface area (Å²) in [7, 11) is 4.71. The Balaban J connectivity index is 2.35. The second-order valence-electron chi connectivity index (χ2n) is 7.25. The van der Waals surface area contributed by atoms with Gasteiger partial charge in [-0.15, -0.1) is 11.8 Å². The number of aryl methyl sites for hydroxylation is 1. The van der Waals surface area contributed by atoms with Crippen LogP contribution in [-0.2, 0) is 11.2 Å². The third kappa shape index (κ3) is 4.25. The van der Waals surface area contributed by atoms with Crippen molar-refractivity contribution in [3.63, 3.8) is 0 Å². The zero-order valence-electron chi connectivity index (χ0n) is 18.7. The molecule has 1 aliphatic rings. The number of ether oxygens (including phenoxy) is 3. The SMILES string of the molecule is C=CC(=C)C(=O)N[C@H]1CCc2cc(OC)c(OC)c(OC)c2-c2ccc(SC)c(=O)cc21. The van der Waals surface area contributed by atoms with Gasteiger partial charge in [-0.3, -0.25) is 9.59 Å². The first-order valence-electron chi connectivity index (χ1n) is 10.1. The number of benzene rings is 1. The van der Waals surface area contributed by atoms with Gasteiger partial charge in [0.1, 0.15) is 0 Å². The summed E-state index contributed by atoms with van der Waals surface area (Å²) in [5.74, 6) is 1.23. The van der Waals surface area contributed by atoms with Crippen LogP contribution in [0.4, 0.5) is 0 Å². The average molecular weight is 454 g/mol. The van der Waals surface area contributed by atoms with Gasteiger partial charge in [-0.1, -0.05) is 25.3 Å². The molecule has 0 aromatic heterocycles. The van der Waals surface area contributed by atoms with Gasteiger partial charge in [0.2, 0.25) is 5.75 Å². The number of fused-ring (bicyclic) bond motifs is 3. The number of nitrogens with one attached hydrogen (secondary N) is 1. The highest BCUT2D eigenvalue weighted by Gasteiger charge is 2.29. The highest BCUT2D eigenvalue weighted by Crippen LogP contribution is 2.50. The molecular formula is C25H27NO5S. The third-order valence-corrected chi connectivity index (χ3v) is 6.34. The van der Waals surface area contributed by atoms with Crippen molar-refractivity contribution >= 4 is 17.7 Å². The molecule has 0 heterocycles. The molecule has 1 atom stereocenters. The Kier molecular flexibility index (Phi) is 7.30. The molecule has 0 bridgehead atoms. The first-order valence-corrected chi connectivity index (χ1v) is 11.3. The van der Waals surface area contributed by atoms with Crippen LogP contribution in [0.25, 0.3) is 11.1 Å². The lowest BCUT2D eigenvalue weighted by atomic mass is 9.95. The van der Waals surface area contributed by atoms with E-state index in [1.54, 1.807) is 33.5 Å². The maximum absolute atomic E-state index is 12.9. The molecule has 0 aliphatic heterocycles. The van der Waals surface area contributed by atoms with E-state index in [4.69, 9.17) is 14.2 Å². The van der Waals surface area contributed by atoms with E-state index in [1.807, 2.05) is 18.4 Å². The van der Waals surface area contributed by atoms with Crippen molar-refractivity contribution in [3.05, 3.63) is 70.4 Å². The Morgan fingerprint density at radius 1 is 1.16 bits per heavy atom. The van der Waals surface area contributed by atoms with Crippen LogP contribution in [0, 0.1) is 0 Å². The van der Waals surface area contributed by atoms with Gasteiger partial charge in [0.15, 0.2) is 16.9 Å². The van der Waals surface area contributed by atoms with Crippen molar-refractivity contribution in [2.24, 2.45) is 0 Å². The third-order valence-electron chi connectivity index (χ3n) is 5.56. The average Bonchev–Trinajstić information content (AvgIpc) is 3.05. The lowest BCUT2D eigenvalue weighted by Gasteiger charge is -2.20. The number of carbonyl (C=O) groups is 1. The Hall–Kier alpha value is -3.19. The van der Waals surface area contributed by atoms with Crippen LogP contribution in [0.5, 0.6) is 17.2 Å². The van der Waals surface area contributed by atoms with E-state index in [9.17, 15) is 9.59 Å². The van der Waals surface area contributed by atoms with Crippen LogP contribution in [0.1, 0.15) is 23.6 Å². The van der Waals surface area contributed by atoms with Crippen molar-refractivity contribution in [3.8, 4) is 28.4 Å². The molecule has 7 heteroatoms. The molecule has 3 rings (SSSR count). The minimum absolute atomic E-state index is 0.108. The molecule has 1 amide bonds. The summed E-state index contributed by atoms with van der Waals surface area (Å²) in [6.07, 6.45) is 4.47. The normalized spacial score (nSPS) is 14.3. The Bertz CT molecular complexity index is 1140. The van der Waals surface area contributed by atoms with Crippen LogP contribution in [-0.4, -0.2) is 33.5 Å². The number of hydrogen-bond acceptors (Lipinski definition) is 6.